The zero-order valence-corrected chi connectivity index (χ0v) is 13.1. The Bertz CT molecular complexity index is 864. The quantitative estimate of drug-likeness (QED) is 0.717. The van der Waals surface area contributed by atoms with Gasteiger partial charge in [0.1, 0.15) is 5.69 Å². The van der Waals surface area contributed by atoms with Crippen molar-refractivity contribution < 1.29 is 13.2 Å². The highest BCUT2D eigenvalue weighted by Gasteiger charge is 2.34. The van der Waals surface area contributed by atoms with Crippen molar-refractivity contribution in [2.75, 3.05) is 0 Å². The summed E-state index contributed by atoms with van der Waals surface area (Å²) in [5, 5.41) is 3.86. The summed E-state index contributed by atoms with van der Waals surface area (Å²) in [6.07, 6.45) is -4.60. The van der Waals surface area contributed by atoms with Crippen LogP contribution in [0.4, 0.5) is 13.2 Å². The smallest absolute Gasteiger partial charge is 0.284 e. The maximum atomic E-state index is 12.6. The fourth-order valence-electron chi connectivity index (χ4n) is 1.80. The Morgan fingerprint density at radius 3 is 2.50 bits per heavy atom. The highest BCUT2D eigenvalue weighted by atomic mass is 79.9. The topological polar surface area (TPSA) is 50.7 Å². The number of aromatic nitrogens is 3. The Balaban J connectivity index is 1.99. The van der Waals surface area contributed by atoms with Crippen LogP contribution >= 0.6 is 27.3 Å². The second-order valence-electron chi connectivity index (χ2n) is 4.36. The SMILES string of the molecule is O=c1cc(C(F)(F)F)[nH]n1-c1nc(-c2ccc(Br)cc2)cs1. The van der Waals surface area contributed by atoms with Crippen molar-refractivity contribution in [3.05, 3.63) is 56.2 Å². The summed E-state index contributed by atoms with van der Waals surface area (Å²) >= 11 is 4.40. The van der Waals surface area contributed by atoms with Gasteiger partial charge in [-0.1, -0.05) is 28.1 Å². The number of hydrogen-bond acceptors (Lipinski definition) is 3. The summed E-state index contributed by atoms with van der Waals surface area (Å²) in [6, 6.07) is 7.82. The van der Waals surface area contributed by atoms with Crippen LogP contribution < -0.4 is 5.56 Å². The predicted octanol–water partition coefficient (Wildman–Crippen LogP) is 4.07. The van der Waals surface area contributed by atoms with E-state index < -0.39 is 17.4 Å². The zero-order chi connectivity index (χ0) is 15.9. The van der Waals surface area contributed by atoms with Crippen molar-refractivity contribution >= 4 is 27.3 Å². The van der Waals surface area contributed by atoms with E-state index in [0.717, 1.165) is 26.1 Å². The number of hydrogen-bond donors (Lipinski definition) is 1. The minimum absolute atomic E-state index is 0.151. The van der Waals surface area contributed by atoms with Crippen molar-refractivity contribution in [1.82, 2.24) is 14.8 Å². The summed E-state index contributed by atoms with van der Waals surface area (Å²) in [4.78, 5) is 15.9. The maximum Gasteiger partial charge on any atom is 0.432 e. The van der Waals surface area contributed by atoms with E-state index in [-0.39, 0.29) is 5.13 Å². The molecule has 0 saturated heterocycles. The molecule has 22 heavy (non-hydrogen) atoms. The molecule has 1 aromatic carbocycles. The van der Waals surface area contributed by atoms with E-state index in [9.17, 15) is 18.0 Å². The summed E-state index contributed by atoms with van der Waals surface area (Å²) < 4.78 is 39.5. The van der Waals surface area contributed by atoms with Crippen molar-refractivity contribution in [1.29, 1.82) is 0 Å². The Kier molecular flexibility index (Phi) is 3.69. The first-order chi connectivity index (χ1) is 10.3. The molecule has 0 unspecified atom stereocenters. The molecule has 9 heteroatoms. The summed E-state index contributed by atoms with van der Waals surface area (Å²) in [6.45, 7) is 0. The zero-order valence-electron chi connectivity index (χ0n) is 10.7. The van der Waals surface area contributed by atoms with E-state index in [2.05, 4.69) is 20.9 Å². The van der Waals surface area contributed by atoms with Gasteiger partial charge >= 0.3 is 6.18 Å². The molecule has 1 N–H and O–H groups in total. The van der Waals surface area contributed by atoms with E-state index in [1.807, 2.05) is 29.4 Å². The van der Waals surface area contributed by atoms with E-state index in [1.165, 1.54) is 0 Å². The molecule has 0 aliphatic rings. The van der Waals surface area contributed by atoms with Crippen LogP contribution in [0, 0.1) is 0 Å². The van der Waals surface area contributed by atoms with Crippen LogP contribution in [-0.2, 0) is 6.18 Å². The number of alkyl halides is 3. The first-order valence-electron chi connectivity index (χ1n) is 5.96. The fraction of sp³-hybridized carbons (Fsp3) is 0.0769. The van der Waals surface area contributed by atoms with Crippen molar-refractivity contribution in [3.8, 4) is 16.4 Å². The van der Waals surface area contributed by atoms with E-state index in [4.69, 9.17) is 0 Å². The molecule has 2 aromatic heterocycles. The minimum atomic E-state index is -4.60. The highest BCUT2D eigenvalue weighted by molar-refractivity contribution is 9.10. The Hall–Kier alpha value is -1.87. The monoisotopic (exact) mass is 389 g/mol. The third-order valence-electron chi connectivity index (χ3n) is 2.85. The van der Waals surface area contributed by atoms with Gasteiger partial charge in [0.25, 0.3) is 5.56 Å². The molecule has 0 fully saturated rings. The molecule has 0 saturated carbocycles. The molecule has 0 aliphatic carbocycles. The lowest BCUT2D eigenvalue weighted by molar-refractivity contribution is -0.141. The van der Waals surface area contributed by atoms with Crippen LogP contribution in [-0.4, -0.2) is 14.8 Å². The van der Waals surface area contributed by atoms with Gasteiger partial charge < -0.3 is 0 Å². The second-order valence-corrected chi connectivity index (χ2v) is 6.12. The maximum absolute atomic E-state index is 12.6. The van der Waals surface area contributed by atoms with Crippen molar-refractivity contribution in [2.45, 2.75) is 6.18 Å². The van der Waals surface area contributed by atoms with Crippen LogP contribution in [0.1, 0.15) is 5.69 Å². The Morgan fingerprint density at radius 2 is 1.91 bits per heavy atom. The van der Waals surface area contributed by atoms with Gasteiger partial charge in [-0.3, -0.25) is 9.89 Å². The third kappa shape index (κ3) is 2.86. The number of halogens is 4. The lowest BCUT2D eigenvalue weighted by atomic mass is 10.2. The van der Waals surface area contributed by atoms with Crippen molar-refractivity contribution in [3.63, 3.8) is 0 Å². The average molecular weight is 390 g/mol. The molecule has 0 radical (unpaired) electrons. The molecule has 0 amide bonds. The van der Waals surface area contributed by atoms with Crippen LogP contribution in [0.15, 0.2) is 45.0 Å². The minimum Gasteiger partial charge on any atom is -0.284 e. The number of benzene rings is 1. The summed E-state index contributed by atoms with van der Waals surface area (Å²) in [5.74, 6) is 0. The highest BCUT2D eigenvalue weighted by Crippen LogP contribution is 2.28. The first-order valence-corrected chi connectivity index (χ1v) is 7.63. The Morgan fingerprint density at radius 1 is 1.23 bits per heavy atom. The predicted molar refractivity (Wildman–Crippen MR) is 80.2 cm³/mol. The molecular formula is C13H7BrF3N3OS. The van der Waals surface area contributed by atoms with Gasteiger partial charge in [0.2, 0.25) is 5.13 Å². The summed E-state index contributed by atoms with van der Waals surface area (Å²) in [7, 11) is 0. The molecule has 3 aromatic rings. The van der Waals surface area contributed by atoms with Crippen LogP contribution in [0.2, 0.25) is 0 Å². The second kappa shape index (κ2) is 5.40. The molecular weight excluding hydrogens is 383 g/mol. The van der Waals surface area contributed by atoms with E-state index in [1.54, 1.807) is 5.38 Å². The molecule has 2 heterocycles. The van der Waals surface area contributed by atoms with Gasteiger partial charge in [-0.15, -0.1) is 11.3 Å². The number of nitrogens with one attached hydrogen (secondary N) is 1. The summed E-state index contributed by atoms with van der Waals surface area (Å²) in [5.41, 5.74) is -0.508. The average Bonchev–Trinajstić information content (AvgIpc) is 3.05. The Labute approximate surface area is 134 Å². The first kappa shape index (κ1) is 15.0. The molecule has 0 aliphatic heterocycles. The number of nitrogens with zero attached hydrogens (tertiary/aromatic N) is 2. The third-order valence-corrected chi connectivity index (χ3v) is 4.20. The normalized spacial score (nSPS) is 11.8. The fourth-order valence-corrected chi connectivity index (χ4v) is 2.87. The number of thiazole rings is 1. The van der Waals surface area contributed by atoms with Gasteiger partial charge in [-0.05, 0) is 12.1 Å². The largest absolute Gasteiger partial charge is 0.432 e. The standard InChI is InChI=1S/C13H7BrF3N3OS/c14-8-3-1-7(2-4-8)9-6-22-12(18-9)20-11(21)5-10(19-20)13(15,16)17/h1-6,19H. The lowest BCUT2D eigenvalue weighted by Gasteiger charge is -2.01. The molecule has 114 valence electrons. The number of rotatable bonds is 2. The van der Waals surface area contributed by atoms with Gasteiger partial charge in [0.05, 0.1) is 5.69 Å². The van der Waals surface area contributed by atoms with Gasteiger partial charge in [0, 0.05) is 21.5 Å². The molecule has 3 rings (SSSR count). The van der Waals surface area contributed by atoms with E-state index >= 15 is 0 Å². The number of aromatic amines is 1. The number of H-pyrrole nitrogens is 1. The molecule has 0 atom stereocenters. The van der Waals surface area contributed by atoms with E-state index in [0.29, 0.717) is 11.8 Å². The van der Waals surface area contributed by atoms with Crippen molar-refractivity contribution in [2.24, 2.45) is 0 Å². The van der Waals surface area contributed by atoms with Crippen LogP contribution in [0.25, 0.3) is 16.4 Å². The van der Waals surface area contributed by atoms with Crippen LogP contribution in [0.3, 0.4) is 0 Å². The lowest BCUT2D eigenvalue weighted by Crippen LogP contribution is -2.13. The molecule has 0 bridgehead atoms. The molecule has 4 nitrogen and oxygen atoms in total. The molecule has 0 spiro atoms. The van der Waals surface area contributed by atoms with Crippen LogP contribution in [0.5, 0.6) is 0 Å². The van der Waals surface area contributed by atoms with Gasteiger partial charge in [-0.2, -0.15) is 17.9 Å². The van der Waals surface area contributed by atoms with Gasteiger partial charge in [-0.25, -0.2) is 4.98 Å². The van der Waals surface area contributed by atoms with Gasteiger partial charge in [0.15, 0.2) is 0 Å².